The molecule has 1 aliphatic rings. The number of Topliss-reactive ketones (excluding diaryl/α,β-unsaturated/α-hetero) is 1. The SMILES string of the molecule is COCc1nn2c3c(nnc2c1-c1ccc(F)cc1)C(=O)C[C@H](/C=C/c1ccccc1)C3. The first-order valence-electron chi connectivity index (χ1n) is 10.4. The lowest BCUT2D eigenvalue weighted by Crippen LogP contribution is -2.24. The molecule has 32 heavy (non-hydrogen) atoms. The van der Waals surface area contributed by atoms with Crippen LogP contribution in [-0.2, 0) is 17.8 Å². The van der Waals surface area contributed by atoms with E-state index in [2.05, 4.69) is 16.3 Å². The van der Waals surface area contributed by atoms with E-state index in [1.165, 1.54) is 12.1 Å². The number of rotatable bonds is 5. The lowest BCUT2D eigenvalue weighted by molar-refractivity contribution is 0.0950. The van der Waals surface area contributed by atoms with Gasteiger partial charge in [0.15, 0.2) is 17.1 Å². The van der Waals surface area contributed by atoms with Gasteiger partial charge in [0.2, 0.25) is 0 Å². The summed E-state index contributed by atoms with van der Waals surface area (Å²) >= 11 is 0. The highest BCUT2D eigenvalue weighted by Gasteiger charge is 2.30. The van der Waals surface area contributed by atoms with Crippen molar-refractivity contribution in [3.63, 3.8) is 0 Å². The van der Waals surface area contributed by atoms with Gasteiger partial charge in [-0.15, -0.1) is 10.2 Å². The van der Waals surface area contributed by atoms with E-state index in [9.17, 15) is 9.18 Å². The zero-order chi connectivity index (χ0) is 22.1. The number of halogens is 1. The first-order chi connectivity index (χ1) is 15.6. The lowest BCUT2D eigenvalue weighted by Gasteiger charge is -2.20. The van der Waals surface area contributed by atoms with Crippen LogP contribution in [0.5, 0.6) is 0 Å². The Balaban J connectivity index is 1.59. The molecule has 0 amide bonds. The van der Waals surface area contributed by atoms with E-state index < -0.39 is 0 Å². The number of carbonyl (C=O) groups excluding carboxylic acids is 1. The van der Waals surface area contributed by atoms with Crippen molar-refractivity contribution in [1.82, 2.24) is 19.8 Å². The molecule has 0 spiro atoms. The van der Waals surface area contributed by atoms with Gasteiger partial charge in [0.25, 0.3) is 0 Å². The Morgan fingerprint density at radius 1 is 1.09 bits per heavy atom. The number of ether oxygens (including phenoxy) is 1. The summed E-state index contributed by atoms with van der Waals surface area (Å²) in [6, 6.07) is 16.2. The van der Waals surface area contributed by atoms with Crippen LogP contribution in [-0.4, -0.2) is 32.7 Å². The van der Waals surface area contributed by atoms with Crippen LogP contribution in [0.3, 0.4) is 0 Å². The molecule has 6 nitrogen and oxygen atoms in total. The third-order valence-corrected chi connectivity index (χ3v) is 5.65. The molecule has 0 radical (unpaired) electrons. The van der Waals surface area contributed by atoms with Gasteiger partial charge in [-0.3, -0.25) is 4.79 Å². The van der Waals surface area contributed by atoms with Crippen LogP contribution in [0.15, 0.2) is 60.7 Å². The van der Waals surface area contributed by atoms with Gasteiger partial charge in [-0.25, -0.2) is 8.91 Å². The van der Waals surface area contributed by atoms with E-state index in [0.717, 1.165) is 22.4 Å². The predicted octanol–water partition coefficient (Wildman–Crippen LogP) is 4.54. The van der Waals surface area contributed by atoms with E-state index in [-0.39, 0.29) is 24.1 Å². The van der Waals surface area contributed by atoms with E-state index in [0.29, 0.717) is 29.9 Å². The molecular weight excluding hydrogens is 407 g/mol. The zero-order valence-corrected chi connectivity index (χ0v) is 17.5. The van der Waals surface area contributed by atoms with Gasteiger partial charge in [0.1, 0.15) is 5.82 Å². The number of methoxy groups -OCH3 is 1. The molecular formula is C25H21FN4O2. The quantitative estimate of drug-likeness (QED) is 0.467. The average Bonchev–Trinajstić information content (AvgIpc) is 3.18. The van der Waals surface area contributed by atoms with E-state index in [1.807, 2.05) is 36.4 Å². The maximum Gasteiger partial charge on any atom is 0.185 e. The molecule has 0 aliphatic heterocycles. The van der Waals surface area contributed by atoms with E-state index in [1.54, 1.807) is 23.8 Å². The number of fused-ring (bicyclic) bond motifs is 3. The second-order valence-corrected chi connectivity index (χ2v) is 7.85. The summed E-state index contributed by atoms with van der Waals surface area (Å²) in [6.07, 6.45) is 5.11. The van der Waals surface area contributed by atoms with E-state index >= 15 is 0 Å². The van der Waals surface area contributed by atoms with Crippen molar-refractivity contribution in [3.8, 4) is 11.1 Å². The van der Waals surface area contributed by atoms with Crippen LogP contribution >= 0.6 is 0 Å². The Bertz CT molecular complexity index is 1310. The third-order valence-electron chi connectivity index (χ3n) is 5.65. The summed E-state index contributed by atoms with van der Waals surface area (Å²) in [5.74, 6) is -0.331. The third kappa shape index (κ3) is 3.71. The monoisotopic (exact) mass is 428 g/mol. The topological polar surface area (TPSA) is 69.4 Å². The van der Waals surface area contributed by atoms with Crippen molar-refractivity contribution in [3.05, 3.63) is 89.1 Å². The maximum atomic E-state index is 13.5. The molecule has 2 heterocycles. The minimum absolute atomic E-state index is 0.0342. The fourth-order valence-corrected chi connectivity index (χ4v) is 4.14. The summed E-state index contributed by atoms with van der Waals surface area (Å²) in [5.41, 5.74) is 4.88. The number of nitrogens with zero attached hydrogens (tertiary/aromatic N) is 4. The Hall–Kier alpha value is -3.71. The van der Waals surface area contributed by atoms with Crippen LogP contribution < -0.4 is 0 Å². The predicted molar refractivity (Wildman–Crippen MR) is 119 cm³/mol. The number of hydrogen-bond donors (Lipinski definition) is 0. The number of ketones is 1. The molecule has 7 heteroatoms. The zero-order valence-electron chi connectivity index (χ0n) is 17.5. The molecule has 0 saturated carbocycles. The molecule has 0 N–H and O–H groups in total. The highest BCUT2D eigenvalue weighted by atomic mass is 19.1. The second-order valence-electron chi connectivity index (χ2n) is 7.85. The van der Waals surface area contributed by atoms with Gasteiger partial charge in [0, 0.05) is 13.5 Å². The average molecular weight is 428 g/mol. The molecule has 0 unspecified atom stereocenters. The Morgan fingerprint density at radius 3 is 2.62 bits per heavy atom. The first-order valence-corrected chi connectivity index (χ1v) is 10.4. The van der Waals surface area contributed by atoms with Crippen LogP contribution in [0.2, 0.25) is 0 Å². The van der Waals surface area contributed by atoms with Gasteiger partial charge in [-0.05, 0) is 35.6 Å². The molecule has 0 fully saturated rings. The van der Waals surface area contributed by atoms with Gasteiger partial charge >= 0.3 is 0 Å². The number of benzene rings is 2. The summed E-state index contributed by atoms with van der Waals surface area (Å²) in [7, 11) is 1.59. The summed E-state index contributed by atoms with van der Waals surface area (Å²) < 4.78 is 20.5. The fraction of sp³-hybridized carbons (Fsp3) is 0.200. The van der Waals surface area contributed by atoms with Gasteiger partial charge in [0.05, 0.1) is 23.6 Å². The lowest BCUT2D eigenvalue weighted by atomic mass is 9.88. The molecule has 2 aromatic carbocycles. The Labute approximate surface area is 184 Å². The standard InChI is InChI=1S/C25H21FN4O2/c1-32-15-20-23(18-9-11-19(26)12-10-18)25-28-27-24-21(30(25)29-20)13-17(14-22(24)31)8-7-16-5-3-2-4-6-16/h2-12,17H,13-15H2,1H3/b8-7+/t17-/m1/s1. The van der Waals surface area contributed by atoms with E-state index in [4.69, 9.17) is 9.84 Å². The number of carbonyl (C=O) groups is 1. The molecule has 0 saturated heterocycles. The smallest absolute Gasteiger partial charge is 0.185 e. The van der Waals surface area contributed by atoms with Crippen LogP contribution in [0.1, 0.15) is 33.9 Å². The highest BCUT2D eigenvalue weighted by molar-refractivity contribution is 5.97. The van der Waals surface area contributed by atoms with Crippen molar-refractivity contribution in [2.45, 2.75) is 19.4 Å². The molecule has 0 bridgehead atoms. The largest absolute Gasteiger partial charge is 0.378 e. The minimum atomic E-state index is -0.319. The molecule has 2 aromatic heterocycles. The van der Waals surface area contributed by atoms with Crippen molar-refractivity contribution < 1.29 is 13.9 Å². The number of allylic oxidation sites excluding steroid dienone is 1. The summed E-state index contributed by atoms with van der Waals surface area (Å²) in [6.45, 7) is 0.260. The maximum absolute atomic E-state index is 13.5. The summed E-state index contributed by atoms with van der Waals surface area (Å²) in [4.78, 5) is 12.8. The van der Waals surface area contributed by atoms with Crippen molar-refractivity contribution in [2.24, 2.45) is 5.92 Å². The molecule has 1 aliphatic carbocycles. The van der Waals surface area contributed by atoms with Gasteiger partial charge in [-0.2, -0.15) is 5.10 Å². The molecule has 160 valence electrons. The first kappa shape index (κ1) is 20.2. The highest BCUT2D eigenvalue weighted by Crippen LogP contribution is 2.32. The van der Waals surface area contributed by atoms with Crippen molar-refractivity contribution >= 4 is 17.5 Å². The van der Waals surface area contributed by atoms with Crippen molar-refractivity contribution in [2.75, 3.05) is 7.11 Å². The Morgan fingerprint density at radius 2 is 1.88 bits per heavy atom. The van der Waals surface area contributed by atoms with Crippen molar-refractivity contribution in [1.29, 1.82) is 0 Å². The molecule has 5 rings (SSSR count). The van der Waals surface area contributed by atoms with Crippen LogP contribution in [0.25, 0.3) is 22.9 Å². The summed E-state index contributed by atoms with van der Waals surface area (Å²) in [5, 5.41) is 13.3. The fourth-order valence-electron chi connectivity index (χ4n) is 4.14. The number of aromatic nitrogens is 4. The van der Waals surface area contributed by atoms with Crippen LogP contribution in [0, 0.1) is 11.7 Å². The molecule has 4 aromatic rings. The van der Waals surface area contributed by atoms with Gasteiger partial charge < -0.3 is 4.74 Å². The second kappa shape index (κ2) is 8.43. The normalized spacial score (nSPS) is 16.1. The molecule has 1 atom stereocenters. The van der Waals surface area contributed by atoms with Crippen LogP contribution in [0.4, 0.5) is 4.39 Å². The minimum Gasteiger partial charge on any atom is -0.378 e. The van der Waals surface area contributed by atoms with Gasteiger partial charge in [-0.1, -0.05) is 54.6 Å². The number of hydrogen-bond acceptors (Lipinski definition) is 5. The Kier molecular flexibility index (Phi) is 5.33.